The molecule has 0 saturated carbocycles. The molecule has 0 atom stereocenters. The number of likely N-dealkylation sites (N-methyl/N-ethyl adjacent to an activating group) is 1. The number of aryl methyl sites for hydroxylation is 2. The zero-order valence-electron chi connectivity index (χ0n) is 15.9. The summed E-state index contributed by atoms with van der Waals surface area (Å²) in [5, 5.41) is 4.40. The van der Waals surface area contributed by atoms with Crippen molar-refractivity contribution in [3.63, 3.8) is 0 Å². The number of hydrogen-bond donors (Lipinski definition) is 0. The second kappa shape index (κ2) is 6.44. The highest BCUT2D eigenvalue weighted by Gasteiger charge is 2.56. The molecule has 1 spiro atoms. The van der Waals surface area contributed by atoms with E-state index >= 15 is 0 Å². The number of urea groups is 1. The summed E-state index contributed by atoms with van der Waals surface area (Å²) in [6.45, 7) is 9.06. The van der Waals surface area contributed by atoms with Crippen LogP contribution in [-0.2, 0) is 18.4 Å². The standard InChI is InChI=1S/C18H29N5O2/c1-13(2)10-23-16(24)18(21(5)17(23)25)6-8-22(9-7-18)12-15-11-20(4)19-14(15)3/h11,13H,6-10,12H2,1-5H3. The first-order chi connectivity index (χ1) is 11.7. The maximum atomic E-state index is 13.0. The van der Waals surface area contributed by atoms with Gasteiger partial charge in [-0.1, -0.05) is 13.8 Å². The molecule has 2 aliphatic heterocycles. The zero-order valence-corrected chi connectivity index (χ0v) is 15.9. The summed E-state index contributed by atoms with van der Waals surface area (Å²) in [5.74, 6) is 0.274. The predicted molar refractivity (Wildman–Crippen MR) is 94.9 cm³/mol. The highest BCUT2D eigenvalue weighted by molar-refractivity contribution is 6.07. The van der Waals surface area contributed by atoms with Crippen LogP contribution in [0.3, 0.4) is 0 Å². The third-order valence-corrected chi connectivity index (χ3v) is 5.54. The van der Waals surface area contributed by atoms with E-state index < -0.39 is 5.54 Å². The van der Waals surface area contributed by atoms with Gasteiger partial charge < -0.3 is 4.90 Å². The smallest absolute Gasteiger partial charge is 0.312 e. The molecule has 0 radical (unpaired) electrons. The van der Waals surface area contributed by atoms with E-state index in [0.717, 1.165) is 25.3 Å². The van der Waals surface area contributed by atoms with Gasteiger partial charge in [0.2, 0.25) is 0 Å². The van der Waals surface area contributed by atoms with Gasteiger partial charge in [-0.05, 0) is 25.7 Å². The van der Waals surface area contributed by atoms with Gasteiger partial charge in [0.25, 0.3) is 5.91 Å². The fraction of sp³-hybridized carbons (Fsp3) is 0.722. The molecule has 0 N–H and O–H groups in total. The summed E-state index contributed by atoms with van der Waals surface area (Å²) in [7, 11) is 3.71. The van der Waals surface area contributed by atoms with Gasteiger partial charge in [0.05, 0.1) is 5.69 Å². The molecule has 1 aromatic rings. The van der Waals surface area contributed by atoms with Gasteiger partial charge in [0, 0.05) is 52.0 Å². The fourth-order valence-corrected chi connectivity index (χ4v) is 4.05. The Morgan fingerprint density at radius 2 is 1.84 bits per heavy atom. The molecule has 3 heterocycles. The number of aromatic nitrogens is 2. The number of carbonyl (C=O) groups excluding carboxylic acids is 2. The molecule has 3 amide bonds. The number of rotatable bonds is 4. The van der Waals surface area contributed by atoms with E-state index in [1.165, 1.54) is 10.5 Å². The van der Waals surface area contributed by atoms with E-state index in [9.17, 15) is 9.59 Å². The predicted octanol–water partition coefficient (Wildman–Crippen LogP) is 1.61. The Hall–Kier alpha value is -1.89. The largest absolute Gasteiger partial charge is 0.327 e. The summed E-state index contributed by atoms with van der Waals surface area (Å²) in [6, 6.07) is -0.143. The number of carbonyl (C=O) groups is 2. The maximum Gasteiger partial charge on any atom is 0.327 e. The Labute approximate surface area is 149 Å². The molecule has 0 bridgehead atoms. The molecular weight excluding hydrogens is 318 g/mol. The second-order valence-corrected chi connectivity index (χ2v) is 7.87. The van der Waals surface area contributed by atoms with Crippen molar-refractivity contribution in [2.24, 2.45) is 13.0 Å². The van der Waals surface area contributed by atoms with Gasteiger partial charge in [0.1, 0.15) is 5.54 Å². The van der Waals surface area contributed by atoms with Crippen molar-refractivity contribution in [2.75, 3.05) is 26.7 Å². The lowest BCUT2D eigenvalue weighted by Gasteiger charge is -2.40. The molecule has 0 aromatic carbocycles. The molecule has 2 saturated heterocycles. The minimum absolute atomic E-state index is 0.00842. The lowest BCUT2D eigenvalue weighted by molar-refractivity contribution is -0.135. The molecule has 0 unspecified atom stereocenters. The van der Waals surface area contributed by atoms with E-state index in [4.69, 9.17) is 0 Å². The molecular formula is C18H29N5O2. The SMILES string of the molecule is Cc1nn(C)cc1CN1CCC2(CC1)C(=O)N(CC(C)C)C(=O)N2C. The van der Waals surface area contributed by atoms with Crippen LogP contribution in [-0.4, -0.2) is 68.6 Å². The lowest BCUT2D eigenvalue weighted by atomic mass is 9.86. The summed E-state index contributed by atoms with van der Waals surface area (Å²) in [4.78, 5) is 31.0. The van der Waals surface area contributed by atoms with Crippen LogP contribution in [0.4, 0.5) is 4.79 Å². The van der Waals surface area contributed by atoms with Gasteiger partial charge in [-0.25, -0.2) is 4.79 Å². The van der Waals surface area contributed by atoms with Gasteiger partial charge in [0.15, 0.2) is 0 Å². The van der Waals surface area contributed by atoms with Crippen molar-refractivity contribution in [1.82, 2.24) is 24.5 Å². The third-order valence-electron chi connectivity index (χ3n) is 5.54. The first-order valence-electron chi connectivity index (χ1n) is 9.06. The average Bonchev–Trinajstić information content (AvgIpc) is 2.95. The minimum Gasteiger partial charge on any atom is -0.312 e. The van der Waals surface area contributed by atoms with E-state index in [2.05, 4.69) is 16.2 Å². The Kier molecular flexibility index (Phi) is 4.62. The van der Waals surface area contributed by atoms with E-state index in [-0.39, 0.29) is 17.9 Å². The highest BCUT2D eigenvalue weighted by Crippen LogP contribution is 2.36. The van der Waals surface area contributed by atoms with Gasteiger partial charge >= 0.3 is 6.03 Å². The fourth-order valence-electron chi connectivity index (χ4n) is 4.05. The summed E-state index contributed by atoms with van der Waals surface area (Å²) in [6.07, 6.45) is 3.45. The first-order valence-corrected chi connectivity index (χ1v) is 9.06. The van der Waals surface area contributed by atoms with Crippen LogP contribution in [0.25, 0.3) is 0 Å². The summed E-state index contributed by atoms with van der Waals surface area (Å²) >= 11 is 0. The molecule has 7 heteroatoms. The summed E-state index contributed by atoms with van der Waals surface area (Å²) in [5.41, 5.74) is 1.63. The normalized spacial score (nSPS) is 21.2. The monoisotopic (exact) mass is 347 g/mol. The topological polar surface area (TPSA) is 61.7 Å². The highest BCUT2D eigenvalue weighted by atomic mass is 16.2. The molecule has 25 heavy (non-hydrogen) atoms. The van der Waals surface area contributed by atoms with E-state index in [1.807, 2.05) is 32.5 Å². The van der Waals surface area contributed by atoms with Crippen LogP contribution in [0.1, 0.15) is 37.9 Å². The molecule has 1 aromatic heterocycles. The van der Waals surface area contributed by atoms with E-state index in [0.29, 0.717) is 19.4 Å². The first kappa shape index (κ1) is 17.9. The third kappa shape index (κ3) is 3.05. The average molecular weight is 347 g/mol. The minimum atomic E-state index is -0.646. The number of hydrogen-bond acceptors (Lipinski definition) is 4. The molecule has 2 fully saturated rings. The Morgan fingerprint density at radius 1 is 1.20 bits per heavy atom. The van der Waals surface area contributed by atoms with Crippen molar-refractivity contribution < 1.29 is 9.59 Å². The quantitative estimate of drug-likeness (QED) is 0.777. The van der Waals surface area contributed by atoms with Crippen LogP contribution in [0.5, 0.6) is 0 Å². The van der Waals surface area contributed by atoms with Crippen molar-refractivity contribution in [3.8, 4) is 0 Å². The van der Waals surface area contributed by atoms with Crippen molar-refractivity contribution in [3.05, 3.63) is 17.5 Å². The van der Waals surface area contributed by atoms with Gasteiger partial charge in [-0.15, -0.1) is 0 Å². The van der Waals surface area contributed by atoms with Crippen molar-refractivity contribution in [1.29, 1.82) is 0 Å². The second-order valence-electron chi connectivity index (χ2n) is 7.87. The number of nitrogens with zero attached hydrogens (tertiary/aromatic N) is 5. The molecule has 138 valence electrons. The number of likely N-dealkylation sites (tertiary alicyclic amines) is 1. The molecule has 3 rings (SSSR count). The van der Waals surface area contributed by atoms with Crippen LogP contribution < -0.4 is 0 Å². The lowest BCUT2D eigenvalue weighted by Crippen LogP contribution is -2.55. The maximum absolute atomic E-state index is 13.0. The zero-order chi connectivity index (χ0) is 18.4. The number of imide groups is 1. The molecule has 7 nitrogen and oxygen atoms in total. The van der Waals surface area contributed by atoms with Crippen LogP contribution in [0, 0.1) is 12.8 Å². The Balaban J connectivity index is 1.69. The van der Waals surface area contributed by atoms with Crippen molar-refractivity contribution in [2.45, 2.75) is 45.7 Å². The molecule has 2 aliphatic rings. The number of piperidine rings is 1. The Bertz CT molecular complexity index is 673. The van der Waals surface area contributed by atoms with E-state index in [1.54, 1.807) is 11.9 Å². The van der Waals surface area contributed by atoms with Gasteiger partial charge in [-0.2, -0.15) is 5.10 Å². The van der Waals surface area contributed by atoms with Crippen LogP contribution in [0.15, 0.2) is 6.20 Å². The Morgan fingerprint density at radius 3 is 2.36 bits per heavy atom. The number of amides is 3. The molecule has 0 aliphatic carbocycles. The van der Waals surface area contributed by atoms with Crippen LogP contribution in [0.2, 0.25) is 0 Å². The van der Waals surface area contributed by atoms with Gasteiger partial charge in [-0.3, -0.25) is 19.3 Å². The van der Waals surface area contributed by atoms with Crippen LogP contribution >= 0.6 is 0 Å². The van der Waals surface area contributed by atoms with Crippen molar-refractivity contribution >= 4 is 11.9 Å². The summed E-state index contributed by atoms with van der Waals surface area (Å²) < 4.78 is 1.84.